The van der Waals surface area contributed by atoms with Crippen molar-refractivity contribution in [2.24, 2.45) is 5.73 Å². The highest BCUT2D eigenvalue weighted by Gasteiger charge is 2.26. The van der Waals surface area contributed by atoms with Crippen LogP contribution in [0.4, 0.5) is 0 Å². The largest absolute Gasteiger partial charge is 0.508 e. The number of piperidine rings is 1. The first-order chi connectivity index (χ1) is 9.13. The van der Waals surface area contributed by atoms with E-state index in [1.165, 1.54) is 6.42 Å². The molecule has 0 aromatic heterocycles. The summed E-state index contributed by atoms with van der Waals surface area (Å²) in [5.41, 5.74) is 7.02. The predicted molar refractivity (Wildman–Crippen MR) is 75.2 cm³/mol. The Balaban J connectivity index is 2.18. The number of phenols is 1. The SMILES string of the molecule is Cc1cc(C(=O)N2CCCCC2CCN)ccc1O. The third-order valence-electron chi connectivity index (χ3n) is 3.83. The second kappa shape index (κ2) is 6.06. The van der Waals surface area contributed by atoms with Gasteiger partial charge in [-0.1, -0.05) is 0 Å². The molecule has 104 valence electrons. The minimum atomic E-state index is 0.0567. The van der Waals surface area contributed by atoms with Crippen molar-refractivity contribution in [3.63, 3.8) is 0 Å². The van der Waals surface area contributed by atoms with Gasteiger partial charge in [-0.05, 0) is 62.9 Å². The standard InChI is InChI=1S/C15H22N2O2/c1-11-10-12(5-6-14(11)18)15(19)17-9-3-2-4-13(17)7-8-16/h5-6,10,13,18H,2-4,7-9,16H2,1H3. The highest BCUT2D eigenvalue weighted by molar-refractivity contribution is 5.94. The number of aromatic hydroxyl groups is 1. The highest BCUT2D eigenvalue weighted by atomic mass is 16.3. The molecule has 0 radical (unpaired) electrons. The minimum Gasteiger partial charge on any atom is -0.508 e. The Labute approximate surface area is 114 Å². The van der Waals surface area contributed by atoms with Gasteiger partial charge in [-0.25, -0.2) is 0 Å². The number of amides is 1. The van der Waals surface area contributed by atoms with Crippen LogP contribution in [0.5, 0.6) is 5.75 Å². The number of benzene rings is 1. The Bertz CT molecular complexity index is 457. The molecule has 3 N–H and O–H groups in total. The molecule has 1 atom stereocenters. The summed E-state index contributed by atoms with van der Waals surface area (Å²) in [7, 11) is 0. The molecular weight excluding hydrogens is 240 g/mol. The summed E-state index contributed by atoms with van der Waals surface area (Å²) in [6, 6.07) is 5.30. The van der Waals surface area contributed by atoms with E-state index in [9.17, 15) is 9.90 Å². The number of aryl methyl sites for hydroxylation is 1. The Hall–Kier alpha value is -1.55. The molecule has 0 spiro atoms. The van der Waals surface area contributed by atoms with Crippen LogP contribution in [0.15, 0.2) is 18.2 Å². The number of hydrogen-bond donors (Lipinski definition) is 2. The van der Waals surface area contributed by atoms with Crippen LogP contribution in [0, 0.1) is 6.92 Å². The van der Waals surface area contributed by atoms with Gasteiger partial charge in [-0.3, -0.25) is 4.79 Å². The fraction of sp³-hybridized carbons (Fsp3) is 0.533. The van der Waals surface area contributed by atoms with Crippen molar-refractivity contribution in [2.45, 2.75) is 38.6 Å². The monoisotopic (exact) mass is 262 g/mol. The Kier molecular flexibility index (Phi) is 4.43. The average molecular weight is 262 g/mol. The lowest BCUT2D eigenvalue weighted by Crippen LogP contribution is -2.44. The maximum Gasteiger partial charge on any atom is 0.254 e. The number of carbonyl (C=O) groups excluding carboxylic acids is 1. The third kappa shape index (κ3) is 3.07. The molecule has 0 bridgehead atoms. The second-order valence-electron chi connectivity index (χ2n) is 5.23. The van der Waals surface area contributed by atoms with Crippen LogP contribution in [0.25, 0.3) is 0 Å². The fourth-order valence-corrected chi connectivity index (χ4v) is 2.71. The lowest BCUT2D eigenvalue weighted by atomic mass is 9.98. The molecule has 1 heterocycles. The quantitative estimate of drug-likeness (QED) is 0.876. The van der Waals surface area contributed by atoms with Crippen LogP contribution in [-0.2, 0) is 0 Å². The molecule has 4 heteroatoms. The van der Waals surface area contributed by atoms with Crippen LogP contribution in [0.3, 0.4) is 0 Å². The summed E-state index contributed by atoms with van der Waals surface area (Å²) in [5, 5.41) is 9.53. The molecule has 1 aliphatic heterocycles. The molecule has 4 nitrogen and oxygen atoms in total. The fourth-order valence-electron chi connectivity index (χ4n) is 2.71. The second-order valence-corrected chi connectivity index (χ2v) is 5.23. The molecule has 1 unspecified atom stereocenters. The molecule has 1 saturated heterocycles. The molecule has 1 aliphatic rings. The van der Waals surface area contributed by atoms with Crippen LogP contribution in [0.2, 0.25) is 0 Å². The lowest BCUT2D eigenvalue weighted by Gasteiger charge is -2.35. The molecule has 0 saturated carbocycles. The number of hydrogen-bond acceptors (Lipinski definition) is 3. The van der Waals surface area contributed by atoms with E-state index in [1.807, 2.05) is 4.90 Å². The summed E-state index contributed by atoms with van der Waals surface area (Å²) >= 11 is 0. The smallest absolute Gasteiger partial charge is 0.254 e. The van der Waals surface area contributed by atoms with Crippen molar-refractivity contribution in [3.8, 4) is 5.75 Å². The number of phenolic OH excluding ortho intramolecular Hbond substituents is 1. The summed E-state index contributed by atoms with van der Waals surface area (Å²) in [4.78, 5) is 14.5. The van der Waals surface area contributed by atoms with E-state index in [0.29, 0.717) is 12.1 Å². The predicted octanol–water partition coefficient (Wildman–Crippen LogP) is 2.04. The van der Waals surface area contributed by atoms with Crippen molar-refractivity contribution < 1.29 is 9.90 Å². The topological polar surface area (TPSA) is 66.6 Å². The van der Waals surface area contributed by atoms with Crippen molar-refractivity contribution in [3.05, 3.63) is 29.3 Å². The minimum absolute atomic E-state index is 0.0567. The van der Waals surface area contributed by atoms with E-state index in [-0.39, 0.29) is 17.7 Å². The van der Waals surface area contributed by atoms with Gasteiger partial charge in [0.2, 0.25) is 0 Å². The van der Waals surface area contributed by atoms with Gasteiger partial charge in [0, 0.05) is 18.2 Å². The van der Waals surface area contributed by atoms with Gasteiger partial charge in [-0.15, -0.1) is 0 Å². The first-order valence-electron chi connectivity index (χ1n) is 6.94. The summed E-state index contributed by atoms with van der Waals surface area (Å²) < 4.78 is 0. The summed E-state index contributed by atoms with van der Waals surface area (Å²) in [5.74, 6) is 0.287. The van der Waals surface area contributed by atoms with E-state index in [1.54, 1.807) is 25.1 Å². The van der Waals surface area contributed by atoms with Gasteiger partial charge in [-0.2, -0.15) is 0 Å². The zero-order valence-electron chi connectivity index (χ0n) is 11.4. The van der Waals surface area contributed by atoms with Crippen molar-refractivity contribution in [1.29, 1.82) is 0 Å². The molecule has 2 rings (SSSR count). The highest BCUT2D eigenvalue weighted by Crippen LogP contribution is 2.23. The van der Waals surface area contributed by atoms with E-state index in [2.05, 4.69) is 0 Å². The number of carbonyl (C=O) groups is 1. The van der Waals surface area contributed by atoms with Crippen LogP contribution >= 0.6 is 0 Å². The number of nitrogens with zero attached hydrogens (tertiary/aromatic N) is 1. The van der Waals surface area contributed by atoms with Gasteiger partial charge in [0.05, 0.1) is 0 Å². The normalized spacial score (nSPS) is 19.5. The first-order valence-corrected chi connectivity index (χ1v) is 6.94. The van der Waals surface area contributed by atoms with Crippen LogP contribution in [-0.4, -0.2) is 35.0 Å². The number of nitrogens with two attached hydrogens (primary N) is 1. The maximum absolute atomic E-state index is 12.6. The summed E-state index contributed by atoms with van der Waals surface area (Å²) in [6.07, 6.45) is 4.13. The zero-order chi connectivity index (χ0) is 13.8. The van der Waals surface area contributed by atoms with Gasteiger partial charge in [0.25, 0.3) is 5.91 Å². The molecular formula is C15H22N2O2. The third-order valence-corrected chi connectivity index (χ3v) is 3.83. The summed E-state index contributed by atoms with van der Waals surface area (Å²) in [6.45, 7) is 3.23. The molecule has 1 aromatic rings. The Morgan fingerprint density at radius 2 is 2.26 bits per heavy atom. The first kappa shape index (κ1) is 13.9. The van der Waals surface area contributed by atoms with Gasteiger partial charge < -0.3 is 15.7 Å². The molecule has 19 heavy (non-hydrogen) atoms. The maximum atomic E-state index is 12.6. The molecule has 0 aliphatic carbocycles. The van der Waals surface area contributed by atoms with E-state index in [0.717, 1.165) is 31.4 Å². The molecule has 1 amide bonds. The van der Waals surface area contributed by atoms with E-state index in [4.69, 9.17) is 5.73 Å². The lowest BCUT2D eigenvalue weighted by molar-refractivity contribution is 0.0605. The van der Waals surface area contributed by atoms with E-state index >= 15 is 0 Å². The van der Waals surface area contributed by atoms with Crippen molar-refractivity contribution in [1.82, 2.24) is 4.90 Å². The van der Waals surface area contributed by atoms with Gasteiger partial charge >= 0.3 is 0 Å². The average Bonchev–Trinajstić information content (AvgIpc) is 2.42. The Morgan fingerprint density at radius 1 is 1.47 bits per heavy atom. The number of rotatable bonds is 3. The van der Waals surface area contributed by atoms with Crippen LogP contribution in [0.1, 0.15) is 41.6 Å². The van der Waals surface area contributed by atoms with Crippen molar-refractivity contribution >= 4 is 5.91 Å². The van der Waals surface area contributed by atoms with E-state index < -0.39 is 0 Å². The van der Waals surface area contributed by atoms with Gasteiger partial charge in [0.15, 0.2) is 0 Å². The van der Waals surface area contributed by atoms with Crippen molar-refractivity contribution in [2.75, 3.05) is 13.1 Å². The number of likely N-dealkylation sites (tertiary alicyclic amines) is 1. The van der Waals surface area contributed by atoms with Crippen LogP contribution < -0.4 is 5.73 Å². The zero-order valence-corrected chi connectivity index (χ0v) is 11.4. The molecule has 1 aromatic carbocycles. The molecule has 1 fully saturated rings. The Morgan fingerprint density at radius 3 is 2.95 bits per heavy atom. The van der Waals surface area contributed by atoms with Gasteiger partial charge in [0.1, 0.15) is 5.75 Å².